The van der Waals surface area contributed by atoms with Gasteiger partial charge in [0.2, 0.25) is 0 Å². The lowest BCUT2D eigenvalue weighted by atomic mass is 9.88. The Hall–Kier alpha value is -1.24. The summed E-state index contributed by atoms with van der Waals surface area (Å²) in [6.07, 6.45) is 0. The lowest BCUT2D eigenvalue weighted by Crippen LogP contribution is -2.30. The number of aromatic amines is 1. The molecule has 0 bridgehead atoms. The maximum absolute atomic E-state index is 11.7. The van der Waals surface area contributed by atoms with Crippen LogP contribution in [0, 0.1) is 5.41 Å². The first-order chi connectivity index (χ1) is 7.73. The molecule has 0 saturated carbocycles. The van der Waals surface area contributed by atoms with E-state index in [9.17, 15) is 9.59 Å². The van der Waals surface area contributed by atoms with E-state index >= 15 is 0 Å². The molecule has 0 amide bonds. The van der Waals surface area contributed by atoms with Crippen LogP contribution in [0.2, 0.25) is 0 Å². The second-order valence-electron chi connectivity index (χ2n) is 4.91. The second kappa shape index (κ2) is 4.95. The topological polar surface area (TPSA) is 88.0 Å². The molecular formula is C10H17N3O3S. The minimum atomic E-state index is -0.930. The zero-order chi connectivity index (χ0) is 13.2. The van der Waals surface area contributed by atoms with Crippen molar-refractivity contribution < 1.29 is 9.90 Å². The Morgan fingerprint density at radius 2 is 2.18 bits per heavy atom. The zero-order valence-electron chi connectivity index (χ0n) is 10.4. The molecule has 1 aromatic rings. The molecule has 96 valence electrons. The normalized spacial score (nSPS) is 13.6. The third-order valence-corrected chi connectivity index (χ3v) is 3.57. The van der Waals surface area contributed by atoms with Crippen molar-refractivity contribution in [3.63, 3.8) is 0 Å². The van der Waals surface area contributed by atoms with Crippen LogP contribution in [-0.2, 0) is 4.79 Å². The number of hydrogen-bond donors (Lipinski definition) is 2. The Labute approximate surface area is 103 Å². The smallest absolute Gasteiger partial charge is 0.344 e. The van der Waals surface area contributed by atoms with Crippen LogP contribution >= 0.6 is 11.8 Å². The fraction of sp³-hybridized carbons (Fsp3) is 0.700. The van der Waals surface area contributed by atoms with Crippen LogP contribution in [0.15, 0.2) is 9.95 Å². The molecule has 0 aliphatic heterocycles. The van der Waals surface area contributed by atoms with Gasteiger partial charge in [0, 0.05) is 6.04 Å². The second-order valence-corrected chi connectivity index (χ2v) is 5.85. The fourth-order valence-electron chi connectivity index (χ4n) is 1.25. The summed E-state index contributed by atoms with van der Waals surface area (Å²) < 4.78 is 1.51. The summed E-state index contributed by atoms with van der Waals surface area (Å²) in [5.41, 5.74) is -0.410. The molecule has 1 atom stereocenters. The van der Waals surface area contributed by atoms with E-state index in [2.05, 4.69) is 10.2 Å². The Morgan fingerprint density at radius 1 is 1.59 bits per heavy atom. The van der Waals surface area contributed by atoms with Crippen molar-refractivity contribution in [2.45, 2.75) is 38.9 Å². The third kappa shape index (κ3) is 3.36. The van der Waals surface area contributed by atoms with E-state index in [1.165, 1.54) is 4.57 Å². The van der Waals surface area contributed by atoms with E-state index < -0.39 is 5.97 Å². The van der Waals surface area contributed by atoms with Gasteiger partial charge in [-0.25, -0.2) is 9.89 Å². The maximum Gasteiger partial charge on any atom is 0.344 e. The Balaban J connectivity index is 3.02. The van der Waals surface area contributed by atoms with Gasteiger partial charge in [0.1, 0.15) is 0 Å². The number of aliphatic carboxylic acids is 1. The number of nitrogens with zero attached hydrogens (tertiary/aromatic N) is 2. The highest BCUT2D eigenvalue weighted by atomic mass is 32.2. The predicted octanol–water partition coefficient (Wildman–Crippen LogP) is 1.36. The predicted molar refractivity (Wildman–Crippen MR) is 65.4 cm³/mol. The van der Waals surface area contributed by atoms with Crippen molar-refractivity contribution in [3.8, 4) is 0 Å². The van der Waals surface area contributed by atoms with Gasteiger partial charge in [0.15, 0.2) is 5.16 Å². The van der Waals surface area contributed by atoms with Crippen molar-refractivity contribution in [2.24, 2.45) is 5.41 Å². The molecule has 0 radical (unpaired) electrons. The van der Waals surface area contributed by atoms with Gasteiger partial charge in [-0.3, -0.25) is 9.36 Å². The van der Waals surface area contributed by atoms with Crippen LogP contribution in [0.1, 0.15) is 33.7 Å². The van der Waals surface area contributed by atoms with Gasteiger partial charge in [0.25, 0.3) is 0 Å². The maximum atomic E-state index is 11.7. The summed E-state index contributed by atoms with van der Waals surface area (Å²) in [4.78, 5) is 22.2. The Morgan fingerprint density at radius 3 is 2.65 bits per heavy atom. The zero-order valence-corrected chi connectivity index (χ0v) is 11.2. The van der Waals surface area contributed by atoms with Gasteiger partial charge in [-0.15, -0.1) is 5.10 Å². The molecule has 6 nitrogen and oxygen atoms in total. The van der Waals surface area contributed by atoms with Crippen LogP contribution < -0.4 is 5.69 Å². The van der Waals surface area contributed by atoms with Crippen LogP contribution in [-0.4, -0.2) is 31.6 Å². The van der Waals surface area contributed by atoms with Gasteiger partial charge >= 0.3 is 11.7 Å². The monoisotopic (exact) mass is 259 g/mol. The lowest BCUT2D eigenvalue weighted by molar-refractivity contribution is -0.133. The van der Waals surface area contributed by atoms with E-state index in [1.54, 1.807) is 0 Å². The molecule has 1 unspecified atom stereocenters. The molecule has 1 heterocycles. The third-order valence-electron chi connectivity index (χ3n) is 2.64. The largest absolute Gasteiger partial charge is 0.481 e. The molecule has 1 aromatic heterocycles. The molecule has 0 saturated heterocycles. The molecule has 17 heavy (non-hydrogen) atoms. The summed E-state index contributed by atoms with van der Waals surface area (Å²) in [6.45, 7) is 7.97. The first kappa shape index (κ1) is 13.8. The van der Waals surface area contributed by atoms with Crippen molar-refractivity contribution in [2.75, 3.05) is 5.75 Å². The lowest BCUT2D eigenvalue weighted by Gasteiger charge is -2.28. The number of aromatic nitrogens is 3. The van der Waals surface area contributed by atoms with Gasteiger partial charge in [-0.05, 0) is 12.3 Å². The van der Waals surface area contributed by atoms with E-state index in [0.29, 0.717) is 5.16 Å². The van der Waals surface area contributed by atoms with E-state index in [1.807, 2.05) is 27.7 Å². The van der Waals surface area contributed by atoms with Crippen LogP contribution in [0.5, 0.6) is 0 Å². The molecule has 0 aromatic carbocycles. The Kier molecular flexibility index (Phi) is 4.03. The van der Waals surface area contributed by atoms with Gasteiger partial charge in [-0.1, -0.05) is 32.5 Å². The molecule has 0 aliphatic rings. The molecule has 1 rings (SSSR count). The number of thioether (sulfide) groups is 1. The minimum Gasteiger partial charge on any atom is -0.481 e. The number of hydrogen-bond acceptors (Lipinski definition) is 4. The molecule has 2 N–H and O–H groups in total. The van der Waals surface area contributed by atoms with Gasteiger partial charge in [0.05, 0.1) is 5.75 Å². The number of H-pyrrole nitrogens is 1. The van der Waals surface area contributed by atoms with Gasteiger partial charge < -0.3 is 5.11 Å². The van der Waals surface area contributed by atoms with Crippen molar-refractivity contribution in [1.29, 1.82) is 0 Å². The van der Waals surface area contributed by atoms with Gasteiger partial charge in [-0.2, -0.15) is 0 Å². The van der Waals surface area contributed by atoms with E-state index in [4.69, 9.17) is 5.11 Å². The summed E-state index contributed by atoms with van der Waals surface area (Å²) >= 11 is 1.04. The highest BCUT2D eigenvalue weighted by Crippen LogP contribution is 2.31. The Bertz CT molecular complexity index is 458. The van der Waals surface area contributed by atoms with E-state index in [-0.39, 0.29) is 22.9 Å². The highest BCUT2D eigenvalue weighted by molar-refractivity contribution is 7.99. The standard InChI is InChI=1S/C10H17N3O3S/c1-6(10(2,3)4)13-8(16)11-12-9(13)17-5-7(14)15/h6H,5H2,1-4H3,(H,11,16)(H,14,15). The van der Waals surface area contributed by atoms with Crippen molar-refractivity contribution in [1.82, 2.24) is 14.8 Å². The number of carboxylic acid groups (broad SMARTS) is 1. The quantitative estimate of drug-likeness (QED) is 0.797. The summed E-state index contributed by atoms with van der Waals surface area (Å²) in [5, 5.41) is 15.2. The number of nitrogens with one attached hydrogen (secondary N) is 1. The fourth-order valence-corrected chi connectivity index (χ4v) is 1.99. The van der Waals surface area contributed by atoms with E-state index in [0.717, 1.165) is 11.8 Å². The summed E-state index contributed by atoms with van der Waals surface area (Å²) in [6, 6.07) is -0.0648. The van der Waals surface area contributed by atoms with Crippen LogP contribution in [0.3, 0.4) is 0 Å². The van der Waals surface area contributed by atoms with Crippen LogP contribution in [0.4, 0.5) is 0 Å². The summed E-state index contributed by atoms with van der Waals surface area (Å²) in [7, 11) is 0. The molecule has 7 heteroatoms. The SMILES string of the molecule is CC(n1c(SCC(=O)O)n[nH]c1=O)C(C)(C)C. The molecule has 0 fully saturated rings. The average molecular weight is 259 g/mol. The summed E-state index contributed by atoms with van der Waals surface area (Å²) in [5.74, 6) is -1.04. The molecular weight excluding hydrogens is 242 g/mol. The van der Waals surface area contributed by atoms with Crippen molar-refractivity contribution >= 4 is 17.7 Å². The number of carbonyl (C=O) groups is 1. The average Bonchev–Trinajstić information content (AvgIpc) is 2.54. The highest BCUT2D eigenvalue weighted by Gasteiger charge is 2.26. The van der Waals surface area contributed by atoms with Crippen molar-refractivity contribution in [3.05, 3.63) is 10.5 Å². The minimum absolute atomic E-state index is 0.0648. The first-order valence-electron chi connectivity index (χ1n) is 5.25. The van der Waals surface area contributed by atoms with Crippen LogP contribution in [0.25, 0.3) is 0 Å². The molecule has 0 aliphatic carbocycles. The number of rotatable bonds is 4. The number of carboxylic acids is 1. The first-order valence-corrected chi connectivity index (χ1v) is 6.23. The molecule has 0 spiro atoms.